The van der Waals surface area contributed by atoms with Gasteiger partial charge in [-0.25, -0.2) is 4.39 Å². The Morgan fingerprint density at radius 2 is 1.91 bits per heavy atom. The highest BCUT2D eigenvalue weighted by molar-refractivity contribution is 6.00. The zero-order chi connectivity index (χ0) is 25.1. The van der Waals surface area contributed by atoms with Gasteiger partial charge in [0.1, 0.15) is 5.82 Å². The van der Waals surface area contributed by atoms with Gasteiger partial charge in [0.2, 0.25) is 11.8 Å². The lowest BCUT2D eigenvalue weighted by atomic mass is 9.81. The van der Waals surface area contributed by atoms with Gasteiger partial charge in [0.15, 0.2) is 0 Å². The molecule has 0 saturated carbocycles. The molecule has 8 heteroatoms. The van der Waals surface area contributed by atoms with E-state index >= 15 is 4.39 Å². The van der Waals surface area contributed by atoms with Crippen LogP contribution in [0.15, 0.2) is 42.5 Å². The molecule has 0 aromatic heterocycles. The molecule has 35 heavy (non-hydrogen) atoms. The topological polar surface area (TPSA) is 63.4 Å². The van der Waals surface area contributed by atoms with E-state index in [1.807, 2.05) is 6.07 Å². The second kappa shape index (κ2) is 8.36. The van der Waals surface area contributed by atoms with E-state index in [0.29, 0.717) is 52.9 Å². The van der Waals surface area contributed by atoms with Crippen LogP contribution in [0.2, 0.25) is 0 Å². The standard InChI is InChI=1S/C27H24F4N2O2/c1-2-23(34)33-9-8-17-14(13-33)4-3-5-19(17)25-22(28)12-21(26(32)35)20-11-15-10-16(27(29,30)31)6-7-18(15)24(20)25/h2-5,12,16H,1,6-11,13H2,(H2,32,35). The third-order valence-corrected chi connectivity index (χ3v) is 7.49. The minimum atomic E-state index is -4.30. The maximum Gasteiger partial charge on any atom is 0.392 e. The third-order valence-electron chi connectivity index (χ3n) is 7.49. The molecule has 2 aliphatic carbocycles. The number of amides is 2. The lowest BCUT2D eigenvalue weighted by Gasteiger charge is -2.30. The molecule has 0 saturated heterocycles. The molecule has 1 heterocycles. The Balaban J connectivity index is 1.67. The highest BCUT2D eigenvalue weighted by atomic mass is 19.4. The molecular formula is C27H24F4N2O2. The summed E-state index contributed by atoms with van der Waals surface area (Å²) in [6.07, 6.45) is -2.44. The normalized spacial score (nSPS) is 19.2. The fourth-order valence-electron chi connectivity index (χ4n) is 5.84. The first-order chi connectivity index (χ1) is 16.6. The molecule has 0 bridgehead atoms. The number of nitrogens with two attached hydrogens (primary N) is 1. The van der Waals surface area contributed by atoms with Gasteiger partial charge in [0.05, 0.1) is 5.92 Å². The zero-order valence-electron chi connectivity index (χ0n) is 19.0. The van der Waals surface area contributed by atoms with Crippen LogP contribution < -0.4 is 5.73 Å². The number of carbonyl (C=O) groups is 2. The molecule has 0 spiro atoms. The maximum absolute atomic E-state index is 15.7. The molecule has 5 rings (SSSR count). The highest BCUT2D eigenvalue weighted by Crippen LogP contribution is 2.52. The van der Waals surface area contributed by atoms with Crippen molar-refractivity contribution in [3.05, 3.63) is 76.1 Å². The van der Waals surface area contributed by atoms with Crippen LogP contribution in [0, 0.1) is 11.7 Å². The van der Waals surface area contributed by atoms with E-state index in [2.05, 4.69) is 6.58 Å². The summed E-state index contributed by atoms with van der Waals surface area (Å²) in [4.78, 5) is 25.9. The summed E-state index contributed by atoms with van der Waals surface area (Å²) in [7, 11) is 0. The largest absolute Gasteiger partial charge is 0.392 e. The Morgan fingerprint density at radius 3 is 2.60 bits per heavy atom. The number of benzene rings is 2. The van der Waals surface area contributed by atoms with Crippen molar-refractivity contribution in [1.29, 1.82) is 0 Å². The molecule has 0 fully saturated rings. The van der Waals surface area contributed by atoms with E-state index in [1.54, 1.807) is 17.0 Å². The lowest BCUT2D eigenvalue weighted by molar-refractivity contribution is -0.176. The summed E-state index contributed by atoms with van der Waals surface area (Å²) in [5, 5.41) is 0. The van der Waals surface area contributed by atoms with Crippen LogP contribution in [0.5, 0.6) is 0 Å². The number of primary amides is 1. The second-order valence-electron chi connectivity index (χ2n) is 9.40. The zero-order valence-corrected chi connectivity index (χ0v) is 19.0. The third kappa shape index (κ3) is 3.85. The average molecular weight is 484 g/mol. The van der Waals surface area contributed by atoms with E-state index in [4.69, 9.17) is 5.73 Å². The molecule has 0 radical (unpaired) electrons. The predicted molar refractivity (Wildman–Crippen MR) is 124 cm³/mol. The van der Waals surface area contributed by atoms with E-state index in [9.17, 15) is 22.8 Å². The van der Waals surface area contributed by atoms with E-state index in [-0.39, 0.29) is 37.2 Å². The molecule has 2 aromatic carbocycles. The van der Waals surface area contributed by atoms with Crippen molar-refractivity contribution in [2.75, 3.05) is 6.54 Å². The number of carbonyl (C=O) groups excluding carboxylic acids is 2. The maximum atomic E-state index is 15.7. The number of fused-ring (bicyclic) bond motifs is 3. The summed E-state index contributed by atoms with van der Waals surface area (Å²) in [6.45, 7) is 4.34. The molecular weight excluding hydrogens is 460 g/mol. The van der Waals surface area contributed by atoms with Crippen molar-refractivity contribution in [2.45, 2.75) is 44.8 Å². The van der Waals surface area contributed by atoms with Crippen LogP contribution in [-0.4, -0.2) is 29.4 Å². The van der Waals surface area contributed by atoms with Gasteiger partial charge < -0.3 is 10.6 Å². The van der Waals surface area contributed by atoms with Gasteiger partial charge in [0.25, 0.3) is 0 Å². The van der Waals surface area contributed by atoms with Crippen LogP contribution in [0.3, 0.4) is 0 Å². The quantitative estimate of drug-likeness (QED) is 0.473. The number of hydrogen-bond donors (Lipinski definition) is 1. The second-order valence-corrected chi connectivity index (χ2v) is 9.40. The number of alkyl halides is 3. The molecule has 4 nitrogen and oxygen atoms in total. The number of allylic oxidation sites excluding steroid dienone is 2. The minimum absolute atomic E-state index is 0.0202. The van der Waals surface area contributed by atoms with E-state index in [1.165, 1.54) is 6.08 Å². The smallest absolute Gasteiger partial charge is 0.366 e. The molecule has 1 aliphatic heterocycles. The van der Waals surface area contributed by atoms with Crippen molar-refractivity contribution in [3.63, 3.8) is 0 Å². The fraction of sp³-hybridized carbons (Fsp3) is 0.333. The van der Waals surface area contributed by atoms with Crippen molar-refractivity contribution >= 4 is 17.4 Å². The summed E-state index contributed by atoms with van der Waals surface area (Å²) < 4.78 is 56.1. The molecule has 2 amide bonds. The minimum Gasteiger partial charge on any atom is -0.366 e. The van der Waals surface area contributed by atoms with Gasteiger partial charge in [-0.15, -0.1) is 0 Å². The molecule has 2 aromatic rings. The molecule has 1 unspecified atom stereocenters. The highest BCUT2D eigenvalue weighted by Gasteiger charge is 2.44. The number of hydrogen-bond acceptors (Lipinski definition) is 2. The SMILES string of the molecule is C=CC(=O)N1CCc2c(cccc2-c2c(F)cc(C(N)=O)c3c2C2=C(C3)CC(C(F)(F)F)CC2)C1. The van der Waals surface area contributed by atoms with Crippen LogP contribution in [0.25, 0.3) is 16.7 Å². The lowest BCUT2D eigenvalue weighted by Crippen LogP contribution is -2.35. The van der Waals surface area contributed by atoms with Gasteiger partial charge in [-0.1, -0.05) is 30.4 Å². The molecule has 182 valence electrons. The number of halogens is 4. The van der Waals surface area contributed by atoms with Gasteiger partial charge >= 0.3 is 6.18 Å². The monoisotopic (exact) mass is 484 g/mol. The summed E-state index contributed by atoms with van der Waals surface area (Å²) in [5.41, 5.74) is 10.6. The average Bonchev–Trinajstić information content (AvgIpc) is 3.20. The van der Waals surface area contributed by atoms with Crippen molar-refractivity contribution < 1.29 is 27.2 Å². The first-order valence-corrected chi connectivity index (χ1v) is 11.6. The molecule has 2 N–H and O–H groups in total. The van der Waals surface area contributed by atoms with Crippen molar-refractivity contribution in [3.8, 4) is 11.1 Å². The fourth-order valence-corrected chi connectivity index (χ4v) is 5.84. The Labute approximate surface area is 200 Å². The Hall–Kier alpha value is -3.42. The first-order valence-electron chi connectivity index (χ1n) is 11.6. The van der Waals surface area contributed by atoms with Crippen molar-refractivity contribution in [1.82, 2.24) is 4.90 Å². The Morgan fingerprint density at radius 1 is 1.14 bits per heavy atom. The van der Waals surface area contributed by atoms with Gasteiger partial charge in [0, 0.05) is 24.2 Å². The van der Waals surface area contributed by atoms with E-state index < -0.39 is 23.8 Å². The van der Waals surface area contributed by atoms with Gasteiger partial charge in [-0.05, 0) is 77.6 Å². The molecule has 1 atom stereocenters. The number of rotatable bonds is 3. The van der Waals surface area contributed by atoms with Crippen LogP contribution in [0.4, 0.5) is 17.6 Å². The summed E-state index contributed by atoms with van der Waals surface area (Å²) in [5.74, 6) is -3.05. The van der Waals surface area contributed by atoms with Crippen LogP contribution >= 0.6 is 0 Å². The Kier molecular flexibility index (Phi) is 5.57. The van der Waals surface area contributed by atoms with Crippen LogP contribution in [0.1, 0.15) is 51.9 Å². The molecule has 3 aliphatic rings. The summed E-state index contributed by atoms with van der Waals surface area (Å²) >= 11 is 0. The van der Waals surface area contributed by atoms with Gasteiger partial charge in [-0.3, -0.25) is 9.59 Å². The van der Waals surface area contributed by atoms with E-state index in [0.717, 1.165) is 17.2 Å². The number of nitrogens with zero attached hydrogens (tertiary/aromatic N) is 1. The summed E-state index contributed by atoms with van der Waals surface area (Å²) in [6, 6.07) is 6.59. The predicted octanol–water partition coefficient (Wildman–Crippen LogP) is 5.33. The Bertz CT molecular complexity index is 1310. The first kappa shape index (κ1) is 23.3. The van der Waals surface area contributed by atoms with Crippen LogP contribution in [-0.2, 0) is 24.2 Å². The van der Waals surface area contributed by atoms with Gasteiger partial charge in [-0.2, -0.15) is 13.2 Å². The van der Waals surface area contributed by atoms with Crippen molar-refractivity contribution in [2.24, 2.45) is 11.7 Å².